The van der Waals surface area contributed by atoms with Gasteiger partial charge in [0, 0.05) is 40.9 Å². The SMILES string of the molecule is C=CCOC(=O)Oc1c(C)c2c(c3c1CC1[C@H]4c5c(cc(C)c(OC)c5O)C[C@@H]([C@H](O)N1[C@H]3CNC(=O)/C=C/c1ccccc1)N4CC)OCO2. The highest BCUT2D eigenvalue weighted by Gasteiger charge is 2.57. The predicted octanol–water partition coefficient (Wildman–Crippen LogP) is 4.87. The third kappa shape index (κ3) is 5.86. The zero-order chi connectivity index (χ0) is 36.0. The molecule has 4 aliphatic rings. The quantitative estimate of drug-likeness (QED) is 0.122. The van der Waals surface area contributed by atoms with Crippen LogP contribution in [0.15, 0.2) is 55.1 Å². The normalized spacial score (nSPS) is 23.2. The average molecular weight is 698 g/mol. The molecular formula is C39H43N3O9. The van der Waals surface area contributed by atoms with E-state index in [1.165, 1.54) is 19.3 Å². The molecule has 1 amide bonds. The maximum absolute atomic E-state index is 13.3. The van der Waals surface area contributed by atoms with Gasteiger partial charge in [-0.2, -0.15) is 0 Å². The molecule has 3 aromatic carbocycles. The minimum atomic E-state index is -0.972. The van der Waals surface area contributed by atoms with Gasteiger partial charge in [0.2, 0.25) is 12.7 Å². The molecule has 7 rings (SSSR count). The summed E-state index contributed by atoms with van der Waals surface area (Å²) in [5.74, 6) is 1.31. The minimum absolute atomic E-state index is 0.0371. The summed E-state index contributed by atoms with van der Waals surface area (Å²) in [6.45, 7) is 9.94. The number of nitrogens with one attached hydrogen (secondary N) is 1. The fourth-order valence-electron chi connectivity index (χ4n) is 8.49. The highest BCUT2D eigenvalue weighted by molar-refractivity contribution is 5.91. The first-order valence-corrected chi connectivity index (χ1v) is 17.2. The van der Waals surface area contributed by atoms with E-state index in [1.54, 1.807) is 13.0 Å². The van der Waals surface area contributed by atoms with Crippen LogP contribution >= 0.6 is 0 Å². The summed E-state index contributed by atoms with van der Waals surface area (Å²) in [5, 5.41) is 27.2. The van der Waals surface area contributed by atoms with E-state index >= 15 is 0 Å². The Labute approximate surface area is 296 Å². The van der Waals surface area contributed by atoms with E-state index in [9.17, 15) is 19.8 Å². The molecule has 3 aromatic rings. The lowest BCUT2D eigenvalue weighted by Crippen LogP contribution is -2.69. The second-order valence-electron chi connectivity index (χ2n) is 13.2. The maximum Gasteiger partial charge on any atom is 0.514 e. The number of carbonyl (C=O) groups is 2. The average Bonchev–Trinajstić information content (AvgIpc) is 3.63. The predicted molar refractivity (Wildman–Crippen MR) is 188 cm³/mol. The van der Waals surface area contributed by atoms with Crippen molar-refractivity contribution in [1.29, 1.82) is 0 Å². The van der Waals surface area contributed by atoms with Gasteiger partial charge in [-0.25, -0.2) is 4.79 Å². The van der Waals surface area contributed by atoms with Crippen molar-refractivity contribution in [2.24, 2.45) is 0 Å². The van der Waals surface area contributed by atoms with Gasteiger partial charge in [0.05, 0.1) is 25.2 Å². The number of aromatic hydroxyl groups is 1. The number of carbonyl (C=O) groups excluding carboxylic acids is 2. The van der Waals surface area contributed by atoms with E-state index in [2.05, 4.69) is 16.8 Å². The summed E-state index contributed by atoms with van der Waals surface area (Å²) in [6, 6.07) is 9.73. The molecule has 12 nitrogen and oxygen atoms in total. The molecule has 0 spiro atoms. The lowest BCUT2D eigenvalue weighted by molar-refractivity contribution is -0.177. The number of rotatable bonds is 9. The maximum atomic E-state index is 13.3. The van der Waals surface area contributed by atoms with Gasteiger partial charge >= 0.3 is 6.16 Å². The standard InChI is InChI=1S/C39H43N3O9/c1-6-15-48-39(46)51-35-22(4)36-37(50-20-49-36)31-25(35)18-26-32-30-24(16-21(3)34(47-5)33(30)44)17-27(41(32)7-2)38(45)42(26)28(31)19-40-29(43)14-13-23-11-9-8-10-12-23/h6,8-14,16,26-28,32,38,44-45H,1,7,15,17-20H2,2-5H3,(H,40,43)/b14-13+/t26?,27-,28-,32-,38-/m0/s1. The second kappa shape index (κ2) is 13.9. The third-order valence-electron chi connectivity index (χ3n) is 10.5. The van der Waals surface area contributed by atoms with Crippen LogP contribution < -0.4 is 24.3 Å². The first-order valence-electron chi connectivity index (χ1n) is 17.2. The Bertz CT molecular complexity index is 1890. The van der Waals surface area contributed by atoms with Crippen LogP contribution in [0.25, 0.3) is 6.08 Å². The number of fused-ring (bicyclic) bond motifs is 9. The van der Waals surface area contributed by atoms with Gasteiger partial charge in [0.15, 0.2) is 23.0 Å². The van der Waals surface area contributed by atoms with E-state index < -0.39 is 30.5 Å². The topological polar surface area (TPSA) is 139 Å². The minimum Gasteiger partial charge on any atom is -0.504 e. The van der Waals surface area contributed by atoms with Crippen molar-refractivity contribution in [3.63, 3.8) is 0 Å². The monoisotopic (exact) mass is 697 g/mol. The number of aliphatic hydroxyl groups is 1. The number of aryl methyl sites for hydroxylation is 1. The lowest BCUT2D eigenvalue weighted by Gasteiger charge is -2.60. The number of phenols is 1. The Morgan fingerprint density at radius 1 is 1.08 bits per heavy atom. The van der Waals surface area contributed by atoms with Gasteiger partial charge in [0.1, 0.15) is 18.6 Å². The van der Waals surface area contributed by atoms with E-state index in [4.69, 9.17) is 23.7 Å². The third-order valence-corrected chi connectivity index (χ3v) is 10.5. The molecule has 1 saturated heterocycles. The number of likely N-dealkylation sites (N-methyl/N-ethyl adjacent to an activating group) is 1. The van der Waals surface area contributed by atoms with Gasteiger partial charge in [-0.3, -0.25) is 14.6 Å². The van der Waals surface area contributed by atoms with Crippen LogP contribution in [-0.2, 0) is 22.4 Å². The molecule has 3 N–H and O–H groups in total. The number of amides is 1. The Hall–Kier alpha value is -5.04. The Morgan fingerprint density at radius 2 is 1.84 bits per heavy atom. The number of hydrogen-bond acceptors (Lipinski definition) is 11. The van der Waals surface area contributed by atoms with Crippen molar-refractivity contribution in [3.8, 4) is 28.7 Å². The molecule has 4 aliphatic heterocycles. The van der Waals surface area contributed by atoms with E-state index in [-0.39, 0.29) is 43.4 Å². The van der Waals surface area contributed by atoms with Crippen LogP contribution in [0, 0.1) is 13.8 Å². The van der Waals surface area contributed by atoms with Crippen LogP contribution in [0.1, 0.15) is 58.0 Å². The zero-order valence-electron chi connectivity index (χ0n) is 29.2. The number of hydrogen-bond donors (Lipinski definition) is 3. The summed E-state index contributed by atoms with van der Waals surface area (Å²) in [4.78, 5) is 30.6. The number of aliphatic hydroxyl groups excluding tert-OH is 1. The molecule has 1 unspecified atom stereocenters. The summed E-state index contributed by atoms with van der Waals surface area (Å²) >= 11 is 0. The van der Waals surface area contributed by atoms with Crippen LogP contribution in [-0.4, -0.2) is 84.0 Å². The fourth-order valence-corrected chi connectivity index (χ4v) is 8.49. The van der Waals surface area contributed by atoms with Crippen LogP contribution in [0.3, 0.4) is 0 Å². The molecule has 5 atom stereocenters. The second-order valence-corrected chi connectivity index (χ2v) is 13.2. The van der Waals surface area contributed by atoms with Crippen molar-refractivity contribution in [2.45, 2.75) is 64.0 Å². The van der Waals surface area contributed by atoms with Crippen molar-refractivity contribution in [2.75, 3.05) is 33.6 Å². The van der Waals surface area contributed by atoms with Crippen molar-refractivity contribution >= 4 is 18.1 Å². The molecule has 12 heteroatoms. The van der Waals surface area contributed by atoms with Gasteiger partial charge < -0.3 is 39.2 Å². The molecule has 4 heterocycles. The molecule has 268 valence electrons. The van der Waals surface area contributed by atoms with Crippen LogP contribution in [0.4, 0.5) is 4.79 Å². The largest absolute Gasteiger partial charge is 0.514 e. The Morgan fingerprint density at radius 3 is 2.57 bits per heavy atom. The van der Waals surface area contributed by atoms with Gasteiger partial charge in [0.25, 0.3) is 0 Å². The van der Waals surface area contributed by atoms with Gasteiger partial charge in [-0.05, 0) is 56.0 Å². The van der Waals surface area contributed by atoms with Crippen LogP contribution in [0.5, 0.6) is 28.7 Å². The van der Waals surface area contributed by atoms with Gasteiger partial charge in [-0.1, -0.05) is 56.0 Å². The molecule has 0 saturated carbocycles. The number of nitrogens with zero attached hydrogens (tertiary/aromatic N) is 2. The molecular weight excluding hydrogens is 654 g/mol. The molecule has 0 aliphatic carbocycles. The van der Waals surface area contributed by atoms with Crippen molar-refractivity contribution in [3.05, 3.63) is 94.1 Å². The smallest absolute Gasteiger partial charge is 0.504 e. The lowest BCUT2D eigenvalue weighted by atomic mass is 9.73. The van der Waals surface area contributed by atoms with Crippen molar-refractivity contribution in [1.82, 2.24) is 15.1 Å². The van der Waals surface area contributed by atoms with E-state index in [1.807, 2.05) is 55.1 Å². The zero-order valence-corrected chi connectivity index (χ0v) is 29.2. The summed E-state index contributed by atoms with van der Waals surface area (Å²) in [5.41, 5.74) is 5.24. The highest BCUT2D eigenvalue weighted by Crippen LogP contribution is 2.58. The Balaban J connectivity index is 1.38. The Kier molecular flexibility index (Phi) is 9.40. The molecule has 51 heavy (non-hydrogen) atoms. The number of methoxy groups -OCH3 is 1. The van der Waals surface area contributed by atoms with Crippen molar-refractivity contribution < 1.29 is 43.5 Å². The molecule has 2 bridgehead atoms. The summed E-state index contributed by atoms with van der Waals surface area (Å²) in [6.07, 6.45) is 3.58. The molecule has 0 aromatic heterocycles. The number of piperazine rings is 1. The van der Waals surface area contributed by atoms with Gasteiger partial charge in [-0.15, -0.1) is 0 Å². The summed E-state index contributed by atoms with van der Waals surface area (Å²) < 4.78 is 28.9. The first kappa shape index (κ1) is 34.4. The molecule has 0 radical (unpaired) electrons. The fraction of sp³-hybridized carbons (Fsp3) is 0.385. The number of benzene rings is 3. The first-order chi connectivity index (χ1) is 24.7. The van der Waals surface area contributed by atoms with Crippen LogP contribution in [0.2, 0.25) is 0 Å². The van der Waals surface area contributed by atoms with E-state index in [0.29, 0.717) is 53.3 Å². The van der Waals surface area contributed by atoms with E-state index in [0.717, 1.165) is 22.3 Å². The summed E-state index contributed by atoms with van der Waals surface area (Å²) in [7, 11) is 1.54. The molecule has 1 fully saturated rings. The number of ether oxygens (including phenoxy) is 5. The highest BCUT2D eigenvalue weighted by atomic mass is 16.7. The number of phenolic OH excluding ortho intramolecular Hbond substituents is 1.